The van der Waals surface area contributed by atoms with E-state index in [2.05, 4.69) is 4.98 Å². The van der Waals surface area contributed by atoms with Gasteiger partial charge in [0.1, 0.15) is 5.82 Å². The number of rotatable bonds is 2. The predicted octanol–water partition coefficient (Wildman–Crippen LogP) is 1.35. The molecule has 1 aromatic heterocycles. The molecule has 0 radical (unpaired) electrons. The van der Waals surface area contributed by atoms with Crippen LogP contribution in [0, 0.1) is 13.8 Å². The zero-order valence-electron chi connectivity index (χ0n) is 8.90. The maximum atomic E-state index is 10.9. The lowest BCUT2D eigenvalue weighted by Gasteiger charge is -2.08. The van der Waals surface area contributed by atoms with Crippen molar-refractivity contribution < 1.29 is 5.11 Å². The predicted molar refractivity (Wildman–Crippen MR) is 56.7 cm³/mol. The third kappa shape index (κ3) is 1.66. The van der Waals surface area contributed by atoms with Crippen LogP contribution in [-0.2, 0) is 6.61 Å². The molecule has 3 nitrogen and oxygen atoms in total. The highest BCUT2D eigenvalue weighted by Crippen LogP contribution is 2.16. The third-order valence-corrected chi connectivity index (χ3v) is 2.52. The van der Waals surface area contributed by atoms with Crippen molar-refractivity contribution in [3.63, 3.8) is 0 Å². The van der Waals surface area contributed by atoms with E-state index in [0.717, 1.165) is 17.2 Å². The van der Waals surface area contributed by atoms with Gasteiger partial charge in [0.15, 0.2) is 0 Å². The molecule has 0 aliphatic heterocycles. The van der Waals surface area contributed by atoms with Crippen LogP contribution in [0.4, 0.5) is 0 Å². The van der Waals surface area contributed by atoms with Gasteiger partial charge in [0.2, 0.25) is 0 Å². The van der Waals surface area contributed by atoms with Crippen LogP contribution < -0.4 is 5.11 Å². The molecule has 3 heteroatoms. The van der Waals surface area contributed by atoms with Crippen molar-refractivity contribution in [2.24, 2.45) is 0 Å². The zero-order valence-corrected chi connectivity index (χ0v) is 8.90. The molecule has 0 bridgehead atoms. The minimum atomic E-state index is -0.257. The maximum absolute atomic E-state index is 10.9. The fraction of sp³-hybridized carbons (Fsp3) is 0.250. The molecule has 2 rings (SSSR count). The smallest absolute Gasteiger partial charge is 0.110 e. The van der Waals surface area contributed by atoms with Crippen LogP contribution in [0.25, 0.3) is 5.69 Å². The Kier molecular flexibility index (Phi) is 2.56. The molecule has 0 aliphatic rings. The summed E-state index contributed by atoms with van der Waals surface area (Å²) in [6.45, 7) is 3.59. The van der Waals surface area contributed by atoms with Crippen molar-refractivity contribution in [1.82, 2.24) is 9.55 Å². The Morgan fingerprint density at radius 2 is 1.87 bits per heavy atom. The molecule has 0 amide bonds. The second kappa shape index (κ2) is 3.87. The van der Waals surface area contributed by atoms with Gasteiger partial charge in [-0.15, -0.1) is 0 Å². The Labute approximate surface area is 89.0 Å². The Morgan fingerprint density at radius 1 is 1.20 bits per heavy atom. The monoisotopic (exact) mass is 201 g/mol. The standard InChI is InChI=1S/C12H13N2O/c1-9-12(8-15)13-10(2)14(9)11-6-4-3-5-7-11/h3-7H,8H2,1-2H3/q-1. The first-order valence-corrected chi connectivity index (χ1v) is 4.92. The average molecular weight is 201 g/mol. The molecule has 0 fully saturated rings. The van der Waals surface area contributed by atoms with E-state index in [1.54, 1.807) is 0 Å². The normalized spacial score (nSPS) is 10.6. The molecule has 0 unspecified atom stereocenters. The van der Waals surface area contributed by atoms with Crippen LogP contribution in [0.3, 0.4) is 0 Å². The summed E-state index contributed by atoms with van der Waals surface area (Å²) in [6, 6.07) is 9.95. The van der Waals surface area contributed by atoms with Gasteiger partial charge in [-0.05, 0) is 26.0 Å². The number of aromatic nitrogens is 2. The Balaban J connectivity index is 2.58. The highest BCUT2D eigenvalue weighted by atomic mass is 16.3. The topological polar surface area (TPSA) is 40.9 Å². The molecule has 1 heterocycles. The van der Waals surface area contributed by atoms with Crippen molar-refractivity contribution in [3.8, 4) is 5.69 Å². The van der Waals surface area contributed by atoms with Crippen LogP contribution in [0.2, 0.25) is 0 Å². The Bertz CT molecular complexity index is 460. The number of hydrogen-bond acceptors (Lipinski definition) is 2. The number of para-hydroxylation sites is 1. The second-order valence-corrected chi connectivity index (χ2v) is 3.51. The van der Waals surface area contributed by atoms with Gasteiger partial charge in [-0.3, -0.25) is 0 Å². The van der Waals surface area contributed by atoms with E-state index in [0.29, 0.717) is 5.69 Å². The molecular weight excluding hydrogens is 188 g/mol. The molecule has 0 spiro atoms. The lowest BCUT2D eigenvalue weighted by atomic mass is 10.3. The van der Waals surface area contributed by atoms with Crippen LogP contribution >= 0.6 is 0 Å². The summed E-state index contributed by atoms with van der Waals surface area (Å²) in [5.41, 5.74) is 2.63. The first kappa shape index (κ1) is 9.93. The van der Waals surface area contributed by atoms with Gasteiger partial charge in [0, 0.05) is 17.1 Å². The van der Waals surface area contributed by atoms with Gasteiger partial charge in [-0.25, -0.2) is 4.98 Å². The summed E-state index contributed by atoms with van der Waals surface area (Å²) in [4.78, 5) is 4.26. The quantitative estimate of drug-likeness (QED) is 0.736. The second-order valence-electron chi connectivity index (χ2n) is 3.51. The molecule has 0 N–H and O–H groups in total. The minimum Gasteiger partial charge on any atom is -0.850 e. The minimum absolute atomic E-state index is 0.257. The van der Waals surface area contributed by atoms with Crippen molar-refractivity contribution in [1.29, 1.82) is 0 Å². The molecule has 78 valence electrons. The van der Waals surface area contributed by atoms with Crippen LogP contribution in [0.5, 0.6) is 0 Å². The van der Waals surface area contributed by atoms with E-state index in [1.807, 2.05) is 48.7 Å². The lowest BCUT2D eigenvalue weighted by molar-refractivity contribution is -0.387. The van der Waals surface area contributed by atoms with Gasteiger partial charge in [0.25, 0.3) is 0 Å². The van der Waals surface area contributed by atoms with Gasteiger partial charge in [-0.1, -0.05) is 24.8 Å². The van der Waals surface area contributed by atoms with Crippen LogP contribution in [-0.4, -0.2) is 9.55 Å². The van der Waals surface area contributed by atoms with Crippen molar-refractivity contribution in [2.45, 2.75) is 20.5 Å². The summed E-state index contributed by atoms with van der Waals surface area (Å²) < 4.78 is 2.01. The number of nitrogens with zero attached hydrogens (tertiary/aromatic N) is 2. The molecule has 0 saturated heterocycles. The highest BCUT2D eigenvalue weighted by Gasteiger charge is 2.08. The van der Waals surface area contributed by atoms with E-state index in [-0.39, 0.29) is 6.61 Å². The number of aryl methyl sites for hydroxylation is 1. The summed E-state index contributed by atoms with van der Waals surface area (Å²) >= 11 is 0. The summed E-state index contributed by atoms with van der Waals surface area (Å²) in [7, 11) is 0. The van der Waals surface area contributed by atoms with E-state index in [9.17, 15) is 5.11 Å². The fourth-order valence-corrected chi connectivity index (χ4v) is 1.79. The lowest BCUT2D eigenvalue weighted by Crippen LogP contribution is -2.05. The Morgan fingerprint density at radius 3 is 2.40 bits per heavy atom. The van der Waals surface area contributed by atoms with Crippen molar-refractivity contribution in [2.75, 3.05) is 0 Å². The number of benzene rings is 1. The van der Waals surface area contributed by atoms with E-state index in [4.69, 9.17) is 0 Å². The van der Waals surface area contributed by atoms with Crippen molar-refractivity contribution >= 4 is 0 Å². The summed E-state index contributed by atoms with van der Waals surface area (Å²) in [5.74, 6) is 0.865. The number of imidazole rings is 1. The van der Waals surface area contributed by atoms with Gasteiger partial charge in [-0.2, -0.15) is 0 Å². The summed E-state index contributed by atoms with van der Waals surface area (Å²) in [5, 5.41) is 10.9. The molecule has 0 saturated carbocycles. The van der Waals surface area contributed by atoms with E-state index < -0.39 is 0 Å². The first-order chi connectivity index (χ1) is 7.24. The van der Waals surface area contributed by atoms with Crippen LogP contribution in [0.15, 0.2) is 30.3 Å². The highest BCUT2D eigenvalue weighted by molar-refractivity contribution is 5.36. The zero-order chi connectivity index (χ0) is 10.8. The van der Waals surface area contributed by atoms with Gasteiger partial charge < -0.3 is 9.67 Å². The molecular formula is C12H13N2O-. The molecule has 0 aliphatic carbocycles. The van der Waals surface area contributed by atoms with E-state index >= 15 is 0 Å². The molecule has 1 aromatic carbocycles. The first-order valence-electron chi connectivity index (χ1n) is 4.92. The van der Waals surface area contributed by atoms with Crippen molar-refractivity contribution in [3.05, 3.63) is 47.5 Å². The maximum Gasteiger partial charge on any atom is 0.110 e. The number of hydrogen-bond donors (Lipinski definition) is 0. The molecule has 2 aromatic rings. The summed E-state index contributed by atoms with van der Waals surface area (Å²) in [6.07, 6.45) is 0. The van der Waals surface area contributed by atoms with Gasteiger partial charge in [0.05, 0.1) is 0 Å². The third-order valence-electron chi connectivity index (χ3n) is 2.52. The van der Waals surface area contributed by atoms with Gasteiger partial charge >= 0.3 is 0 Å². The Hall–Kier alpha value is -1.61. The largest absolute Gasteiger partial charge is 0.850 e. The average Bonchev–Trinajstić information content (AvgIpc) is 2.55. The van der Waals surface area contributed by atoms with Crippen LogP contribution in [0.1, 0.15) is 17.2 Å². The molecule has 0 atom stereocenters. The fourth-order valence-electron chi connectivity index (χ4n) is 1.79. The molecule has 15 heavy (non-hydrogen) atoms. The SMILES string of the molecule is Cc1nc(C[O-])c(C)n1-c1ccccc1. The van der Waals surface area contributed by atoms with E-state index in [1.165, 1.54) is 0 Å².